The summed E-state index contributed by atoms with van der Waals surface area (Å²) in [6.45, 7) is 4.65. The number of rotatable bonds is 7. The highest BCUT2D eigenvalue weighted by molar-refractivity contribution is 5.78. The highest BCUT2D eigenvalue weighted by Gasteiger charge is 2.23. The summed E-state index contributed by atoms with van der Waals surface area (Å²) in [6.07, 6.45) is 1.48. The summed E-state index contributed by atoms with van der Waals surface area (Å²) in [5, 5.41) is 9.29. The predicted molar refractivity (Wildman–Crippen MR) is 72.3 cm³/mol. The Morgan fingerprint density at radius 1 is 1.44 bits per heavy atom. The fourth-order valence-corrected chi connectivity index (χ4v) is 2.02. The highest BCUT2D eigenvalue weighted by Crippen LogP contribution is 2.24. The molecule has 4 nitrogen and oxygen atoms in total. The quantitative estimate of drug-likeness (QED) is 0.809. The van der Waals surface area contributed by atoms with Crippen LogP contribution in [0.15, 0.2) is 24.3 Å². The van der Waals surface area contributed by atoms with E-state index in [1.807, 2.05) is 43.0 Å². The third kappa shape index (κ3) is 3.39. The fraction of sp³-hybridized carbons (Fsp3) is 0.500. The van der Waals surface area contributed by atoms with Crippen LogP contribution in [-0.2, 0) is 4.79 Å². The van der Waals surface area contributed by atoms with Crippen LogP contribution >= 0.6 is 0 Å². The summed E-state index contributed by atoms with van der Waals surface area (Å²) >= 11 is 0. The molecule has 1 aromatic carbocycles. The Labute approximate surface area is 108 Å². The molecule has 0 spiro atoms. The normalized spacial score (nSPS) is 11.9. The number of nitrogens with zero attached hydrogens (tertiary/aromatic N) is 1. The van der Waals surface area contributed by atoms with Gasteiger partial charge in [0.25, 0.3) is 0 Å². The lowest BCUT2D eigenvalue weighted by Crippen LogP contribution is -2.41. The lowest BCUT2D eigenvalue weighted by atomic mass is 10.1. The van der Waals surface area contributed by atoms with Gasteiger partial charge in [-0.1, -0.05) is 19.9 Å². The van der Waals surface area contributed by atoms with Gasteiger partial charge in [-0.3, -0.25) is 0 Å². The Morgan fingerprint density at radius 2 is 2.17 bits per heavy atom. The van der Waals surface area contributed by atoms with Crippen LogP contribution in [0.1, 0.15) is 26.7 Å². The van der Waals surface area contributed by atoms with E-state index in [2.05, 4.69) is 0 Å². The SMILES string of the molecule is CCCN(c1cccc(OC)c1)[C@@H](CC)C(=O)O. The summed E-state index contributed by atoms with van der Waals surface area (Å²) in [5.41, 5.74) is 0.894. The number of methoxy groups -OCH3 is 1. The molecule has 0 fully saturated rings. The number of hydrogen-bond acceptors (Lipinski definition) is 3. The molecule has 0 aliphatic carbocycles. The van der Waals surface area contributed by atoms with E-state index in [1.54, 1.807) is 7.11 Å². The van der Waals surface area contributed by atoms with Crippen LogP contribution in [0.3, 0.4) is 0 Å². The molecule has 1 N–H and O–H groups in total. The molecule has 0 saturated carbocycles. The molecular weight excluding hydrogens is 230 g/mol. The van der Waals surface area contributed by atoms with Crippen molar-refractivity contribution in [2.75, 3.05) is 18.6 Å². The van der Waals surface area contributed by atoms with E-state index >= 15 is 0 Å². The van der Waals surface area contributed by atoms with E-state index in [0.717, 1.165) is 24.4 Å². The Morgan fingerprint density at radius 3 is 2.67 bits per heavy atom. The second-order valence-electron chi connectivity index (χ2n) is 4.16. The summed E-state index contributed by atoms with van der Waals surface area (Å²) in [5.74, 6) is -0.0392. The standard InChI is InChI=1S/C14H21NO3/c1-4-9-15(13(5-2)14(16)17)11-7-6-8-12(10-11)18-3/h6-8,10,13H,4-5,9H2,1-3H3,(H,16,17)/t13-/m0/s1. The Bertz CT molecular complexity index is 392. The highest BCUT2D eigenvalue weighted by atomic mass is 16.5. The van der Waals surface area contributed by atoms with Gasteiger partial charge in [0.15, 0.2) is 0 Å². The van der Waals surface area contributed by atoms with Crippen LogP contribution in [0.4, 0.5) is 5.69 Å². The van der Waals surface area contributed by atoms with Gasteiger partial charge in [-0.15, -0.1) is 0 Å². The number of carboxylic acid groups (broad SMARTS) is 1. The van der Waals surface area contributed by atoms with Crippen LogP contribution in [-0.4, -0.2) is 30.8 Å². The molecule has 0 heterocycles. The first-order chi connectivity index (χ1) is 8.63. The van der Waals surface area contributed by atoms with Crippen molar-refractivity contribution in [3.8, 4) is 5.75 Å². The molecule has 0 saturated heterocycles. The van der Waals surface area contributed by atoms with E-state index in [-0.39, 0.29) is 0 Å². The van der Waals surface area contributed by atoms with Gasteiger partial charge in [-0.05, 0) is 25.0 Å². The molecule has 0 aliphatic rings. The number of ether oxygens (including phenoxy) is 1. The second-order valence-corrected chi connectivity index (χ2v) is 4.16. The van der Waals surface area contributed by atoms with Crippen LogP contribution in [0.2, 0.25) is 0 Å². The second kappa shape index (κ2) is 6.89. The van der Waals surface area contributed by atoms with Crippen molar-refractivity contribution in [2.24, 2.45) is 0 Å². The fourth-order valence-electron chi connectivity index (χ4n) is 2.02. The molecule has 4 heteroatoms. The van der Waals surface area contributed by atoms with E-state index in [0.29, 0.717) is 6.42 Å². The molecule has 0 amide bonds. The summed E-state index contributed by atoms with van der Waals surface area (Å²) < 4.78 is 5.18. The Balaban J connectivity index is 3.05. The van der Waals surface area contributed by atoms with Crippen LogP contribution in [0.5, 0.6) is 5.75 Å². The molecule has 0 unspecified atom stereocenters. The van der Waals surface area contributed by atoms with Crippen molar-refractivity contribution in [1.82, 2.24) is 0 Å². The van der Waals surface area contributed by atoms with Gasteiger partial charge in [0.2, 0.25) is 0 Å². The van der Waals surface area contributed by atoms with Gasteiger partial charge in [0, 0.05) is 18.3 Å². The number of aliphatic carboxylic acids is 1. The van der Waals surface area contributed by atoms with Crippen molar-refractivity contribution in [3.05, 3.63) is 24.3 Å². The van der Waals surface area contributed by atoms with Crippen LogP contribution in [0, 0.1) is 0 Å². The van der Waals surface area contributed by atoms with Gasteiger partial charge in [-0.2, -0.15) is 0 Å². The zero-order chi connectivity index (χ0) is 13.5. The third-order valence-corrected chi connectivity index (χ3v) is 2.90. The summed E-state index contributed by atoms with van der Waals surface area (Å²) in [7, 11) is 1.61. The van der Waals surface area contributed by atoms with E-state index < -0.39 is 12.0 Å². The molecule has 0 bridgehead atoms. The van der Waals surface area contributed by atoms with Crippen molar-refractivity contribution in [1.29, 1.82) is 0 Å². The topological polar surface area (TPSA) is 49.8 Å². The number of hydrogen-bond donors (Lipinski definition) is 1. The molecule has 0 radical (unpaired) electrons. The smallest absolute Gasteiger partial charge is 0.326 e. The van der Waals surface area contributed by atoms with Crippen molar-refractivity contribution >= 4 is 11.7 Å². The first-order valence-corrected chi connectivity index (χ1v) is 6.27. The first kappa shape index (κ1) is 14.4. The Kier molecular flexibility index (Phi) is 5.49. The van der Waals surface area contributed by atoms with Gasteiger partial charge in [0.1, 0.15) is 11.8 Å². The van der Waals surface area contributed by atoms with Crippen LogP contribution < -0.4 is 9.64 Å². The first-order valence-electron chi connectivity index (χ1n) is 6.27. The minimum atomic E-state index is -0.784. The molecule has 1 rings (SSSR count). The molecule has 0 aliphatic heterocycles. The van der Waals surface area contributed by atoms with E-state index in [4.69, 9.17) is 4.74 Å². The average Bonchev–Trinajstić information content (AvgIpc) is 2.38. The maximum atomic E-state index is 11.3. The molecule has 1 aromatic rings. The van der Waals surface area contributed by atoms with Crippen molar-refractivity contribution in [2.45, 2.75) is 32.7 Å². The number of benzene rings is 1. The summed E-state index contributed by atoms with van der Waals surface area (Å²) in [6, 6.07) is 7.04. The van der Waals surface area contributed by atoms with Gasteiger partial charge >= 0.3 is 5.97 Å². The number of carboxylic acids is 1. The maximum absolute atomic E-state index is 11.3. The molecule has 1 atom stereocenters. The third-order valence-electron chi connectivity index (χ3n) is 2.90. The van der Waals surface area contributed by atoms with Crippen LogP contribution in [0.25, 0.3) is 0 Å². The average molecular weight is 251 g/mol. The van der Waals surface area contributed by atoms with Gasteiger partial charge in [0.05, 0.1) is 7.11 Å². The zero-order valence-corrected chi connectivity index (χ0v) is 11.2. The Hall–Kier alpha value is -1.71. The van der Waals surface area contributed by atoms with E-state index in [1.165, 1.54) is 0 Å². The molecule has 18 heavy (non-hydrogen) atoms. The van der Waals surface area contributed by atoms with Gasteiger partial charge < -0.3 is 14.7 Å². The van der Waals surface area contributed by atoms with Crippen molar-refractivity contribution < 1.29 is 14.6 Å². The number of anilines is 1. The maximum Gasteiger partial charge on any atom is 0.326 e. The largest absolute Gasteiger partial charge is 0.497 e. The lowest BCUT2D eigenvalue weighted by Gasteiger charge is -2.30. The predicted octanol–water partition coefficient (Wildman–Crippen LogP) is 2.77. The van der Waals surface area contributed by atoms with Gasteiger partial charge in [-0.25, -0.2) is 4.79 Å². The van der Waals surface area contributed by atoms with Crippen molar-refractivity contribution in [3.63, 3.8) is 0 Å². The minimum Gasteiger partial charge on any atom is -0.497 e. The zero-order valence-electron chi connectivity index (χ0n) is 11.2. The monoisotopic (exact) mass is 251 g/mol. The number of carbonyl (C=O) groups is 1. The van der Waals surface area contributed by atoms with E-state index in [9.17, 15) is 9.90 Å². The molecule has 100 valence electrons. The molecule has 0 aromatic heterocycles. The lowest BCUT2D eigenvalue weighted by molar-refractivity contribution is -0.138. The molecular formula is C14H21NO3. The minimum absolute atomic E-state index is 0.489. The summed E-state index contributed by atoms with van der Waals surface area (Å²) in [4.78, 5) is 13.2.